The summed E-state index contributed by atoms with van der Waals surface area (Å²) < 4.78 is 7.39. The van der Waals surface area contributed by atoms with Crippen LogP contribution < -0.4 is 15.5 Å². The van der Waals surface area contributed by atoms with Crippen molar-refractivity contribution in [2.24, 2.45) is 7.05 Å². The van der Waals surface area contributed by atoms with E-state index < -0.39 is 0 Å². The molecule has 1 saturated heterocycles. The Morgan fingerprint density at radius 1 is 1.09 bits per heavy atom. The number of benzene rings is 2. The summed E-state index contributed by atoms with van der Waals surface area (Å²) in [6.07, 6.45) is 3.48. The molecule has 1 aliphatic rings. The van der Waals surface area contributed by atoms with Crippen LogP contribution in [-0.4, -0.2) is 52.4 Å². The number of nitrogens with zero attached hydrogens (tertiary/aromatic N) is 6. The van der Waals surface area contributed by atoms with Crippen molar-refractivity contribution in [3.63, 3.8) is 0 Å². The van der Waals surface area contributed by atoms with Gasteiger partial charge < -0.3 is 24.8 Å². The van der Waals surface area contributed by atoms with Crippen LogP contribution >= 0.6 is 0 Å². The second-order valence-electron chi connectivity index (χ2n) is 7.76. The van der Waals surface area contributed by atoms with Gasteiger partial charge in [0.05, 0.1) is 42.8 Å². The predicted octanol–water partition coefficient (Wildman–Crippen LogP) is 3.55. The van der Waals surface area contributed by atoms with Crippen molar-refractivity contribution in [1.29, 1.82) is 5.26 Å². The van der Waals surface area contributed by atoms with Crippen molar-refractivity contribution in [1.82, 2.24) is 19.5 Å². The number of aromatic nitrogens is 4. The fourth-order valence-corrected chi connectivity index (χ4v) is 3.97. The third-order valence-electron chi connectivity index (χ3n) is 5.63. The number of aryl methyl sites for hydroxylation is 1. The third kappa shape index (κ3) is 4.29. The standard InChI is InChI=1S/C24H24N8O/c1-31-16-28-22-19(3-2-4-20(22)31)23-24(26-10-9-25)30-21(15-27-23)29-17-5-7-18(8-6-17)32-11-13-33-14-12-32/h2-8,15-16H,10-14H2,1H3,(H2,26,29,30). The smallest absolute Gasteiger partial charge is 0.155 e. The molecule has 0 amide bonds. The van der Waals surface area contributed by atoms with E-state index in [1.807, 2.05) is 41.9 Å². The van der Waals surface area contributed by atoms with Gasteiger partial charge >= 0.3 is 0 Å². The van der Waals surface area contributed by atoms with E-state index in [0.29, 0.717) is 17.3 Å². The number of para-hydroxylation sites is 1. The highest BCUT2D eigenvalue weighted by atomic mass is 16.5. The van der Waals surface area contributed by atoms with Crippen LogP contribution in [0, 0.1) is 11.3 Å². The maximum atomic E-state index is 9.10. The van der Waals surface area contributed by atoms with Crippen LogP contribution in [0.5, 0.6) is 0 Å². The molecule has 2 aromatic heterocycles. The lowest BCUT2D eigenvalue weighted by molar-refractivity contribution is 0.122. The van der Waals surface area contributed by atoms with Crippen LogP contribution in [0.1, 0.15) is 0 Å². The van der Waals surface area contributed by atoms with Crippen LogP contribution in [0.2, 0.25) is 0 Å². The van der Waals surface area contributed by atoms with Gasteiger partial charge in [-0.3, -0.25) is 0 Å². The molecular weight excluding hydrogens is 416 g/mol. The van der Waals surface area contributed by atoms with Crippen LogP contribution in [-0.2, 0) is 11.8 Å². The Labute approximate surface area is 191 Å². The fourth-order valence-electron chi connectivity index (χ4n) is 3.97. The number of ether oxygens (including phenoxy) is 1. The molecule has 0 aliphatic carbocycles. The monoisotopic (exact) mass is 440 g/mol. The molecule has 0 atom stereocenters. The molecule has 33 heavy (non-hydrogen) atoms. The summed E-state index contributed by atoms with van der Waals surface area (Å²) in [4.78, 5) is 16.2. The van der Waals surface area contributed by atoms with Gasteiger partial charge in [0.15, 0.2) is 11.6 Å². The molecule has 1 aliphatic heterocycles. The molecule has 0 radical (unpaired) electrons. The van der Waals surface area contributed by atoms with Crippen LogP contribution in [0.3, 0.4) is 0 Å². The summed E-state index contributed by atoms with van der Waals surface area (Å²) in [5.74, 6) is 1.12. The van der Waals surface area contributed by atoms with E-state index in [2.05, 4.69) is 43.7 Å². The van der Waals surface area contributed by atoms with E-state index >= 15 is 0 Å². The Morgan fingerprint density at radius 3 is 2.70 bits per heavy atom. The predicted molar refractivity (Wildman–Crippen MR) is 129 cm³/mol. The summed E-state index contributed by atoms with van der Waals surface area (Å²) in [6.45, 7) is 3.43. The average Bonchev–Trinajstić information content (AvgIpc) is 3.25. The second kappa shape index (κ2) is 9.14. The van der Waals surface area contributed by atoms with E-state index in [4.69, 9.17) is 15.0 Å². The van der Waals surface area contributed by atoms with E-state index in [0.717, 1.165) is 48.6 Å². The zero-order valence-electron chi connectivity index (χ0n) is 18.3. The maximum Gasteiger partial charge on any atom is 0.155 e. The summed E-state index contributed by atoms with van der Waals surface area (Å²) in [6, 6.07) is 16.3. The first kappa shape index (κ1) is 20.7. The molecular formula is C24H24N8O. The van der Waals surface area contributed by atoms with Gasteiger partial charge in [-0.25, -0.2) is 15.0 Å². The Kier molecular flexibility index (Phi) is 5.74. The molecule has 1 fully saturated rings. The van der Waals surface area contributed by atoms with Gasteiger partial charge in [-0.15, -0.1) is 0 Å². The number of rotatable bonds is 6. The topological polar surface area (TPSA) is 104 Å². The van der Waals surface area contributed by atoms with Crippen LogP contribution in [0.4, 0.5) is 23.0 Å². The van der Waals surface area contributed by atoms with E-state index in [9.17, 15) is 0 Å². The minimum Gasteiger partial charge on any atom is -0.378 e. The molecule has 166 valence electrons. The average molecular weight is 441 g/mol. The number of nitrogens with one attached hydrogen (secondary N) is 2. The minimum absolute atomic E-state index is 0.123. The van der Waals surface area contributed by atoms with Crippen molar-refractivity contribution in [3.8, 4) is 17.3 Å². The number of fused-ring (bicyclic) bond motifs is 1. The molecule has 9 nitrogen and oxygen atoms in total. The fraction of sp³-hybridized carbons (Fsp3) is 0.250. The molecule has 2 aromatic carbocycles. The lowest BCUT2D eigenvalue weighted by Crippen LogP contribution is -2.36. The summed E-state index contributed by atoms with van der Waals surface area (Å²) in [7, 11) is 1.96. The van der Waals surface area contributed by atoms with Crippen molar-refractivity contribution in [3.05, 3.63) is 55.0 Å². The number of imidazole rings is 1. The summed E-state index contributed by atoms with van der Waals surface area (Å²) in [5.41, 5.74) is 5.44. The molecule has 9 heteroatoms. The zero-order valence-corrected chi connectivity index (χ0v) is 18.3. The van der Waals surface area contributed by atoms with Crippen molar-refractivity contribution >= 4 is 34.0 Å². The number of hydrogen-bond acceptors (Lipinski definition) is 8. The molecule has 0 spiro atoms. The normalized spacial score (nSPS) is 13.6. The lowest BCUT2D eigenvalue weighted by Gasteiger charge is -2.28. The largest absolute Gasteiger partial charge is 0.378 e. The first-order chi connectivity index (χ1) is 16.2. The highest BCUT2D eigenvalue weighted by Crippen LogP contribution is 2.31. The Bertz CT molecular complexity index is 1300. The SMILES string of the molecule is Cn1cnc2c(-c3ncc(Nc4ccc(N5CCOCC5)cc4)nc3NCC#N)cccc21. The quantitative estimate of drug-likeness (QED) is 0.439. The van der Waals surface area contributed by atoms with E-state index in [-0.39, 0.29) is 6.54 Å². The van der Waals surface area contributed by atoms with Gasteiger partial charge in [0.25, 0.3) is 0 Å². The van der Waals surface area contributed by atoms with Gasteiger partial charge in [0.2, 0.25) is 0 Å². The number of hydrogen-bond donors (Lipinski definition) is 2. The van der Waals surface area contributed by atoms with Gasteiger partial charge in [-0.05, 0) is 30.3 Å². The summed E-state index contributed by atoms with van der Waals surface area (Å²) in [5, 5.41) is 15.5. The Hall–Kier alpha value is -4.16. The summed E-state index contributed by atoms with van der Waals surface area (Å²) >= 11 is 0. The molecule has 0 saturated carbocycles. The van der Waals surface area contributed by atoms with Gasteiger partial charge in [0.1, 0.15) is 12.2 Å². The third-order valence-corrected chi connectivity index (χ3v) is 5.63. The molecule has 0 bridgehead atoms. The van der Waals surface area contributed by atoms with Gasteiger partial charge in [-0.1, -0.05) is 12.1 Å². The van der Waals surface area contributed by atoms with Gasteiger partial charge in [-0.2, -0.15) is 5.26 Å². The van der Waals surface area contributed by atoms with Crippen molar-refractivity contribution in [2.75, 3.05) is 48.4 Å². The maximum absolute atomic E-state index is 9.10. The Balaban J connectivity index is 1.43. The molecule has 0 unspecified atom stereocenters. The second-order valence-corrected chi connectivity index (χ2v) is 7.76. The Morgan fingerprint density at radius 2 is 1.91 bits per heavy atom. The molecule has 5 rings (SSSR count). The lowest BCUT2D eigenvalue weighted by atomic mass is 10.1. The minimum atomic E-state index is 0.123. The van der Waals surface area contributed by atoms with Crippen LogP contribution in [0.15, 0.2) is 55.0 Å². The molecule has 2 N–H and O–H groups in total. The number of nitriles is 1. The zero-order chi connectivity index (χ0) is 22.6. The molecule has 4 aromatic rings. The molecule has 3 heterocycles. The first-order valence-electron chi connectivity index (χ1n) is 10.8. The number of anilines is 4. The first-order valence-corrected chi connectivity index (χ1v) is 10.8. The van der Waals surface area contributed by atoms with E-state index in [1.165, 1.54) is 5.69 Å². The van der Waals surface area contributed by atoms with Crippen molar-refractivity contribution in [2.45, 2.75) is 0 Å². The van der Waals surface area contributed by atoms with Crippen molar-refractivity contribution < 1.29 is 4.74 Å². The number of morpholine rings is 1. The van der Waals surface area contributed by atoms with Crippen LogP contribution in [0.25, 0.3) is 22.3 Å². The highest BCUT2D eigenvalue weighted by Gasteiger charge is 2.15. The van der Waals surface area contributed by atoms with E-state index in [1.54, 1.807) is 12.5 Å². The van der Waals surface area contributed by atoms with Gasteiger partial charge in [0, 0.05) is 37.1 Å². The highest BCUT2D eigenvalue weighted by molar-refractivity contribution is 5.94.